The summed E-state index contributed by atoms with van der Waals surface area (Å²) in [5.41, 5.74) is -0.196. The summed E-state index contributed by atoms with van der Waals surface area (Å²) in [7, 11) is 0. The maximum Gasteiger partial charge on any atom is 0.259 e. The predicted octanol–water partition coefficient (Wildman–Crippen LogP) is 19.8. The van der Waals surface area contributed by atoms with E-state index in [0.29, 0.717) is 79.5 Å². The maximum absolute atomic E-state index is 14.8. The van der Waals surface area contributed by atoms with Gasteiger partial charge in [-0.1, -0.05) is 24.3 Å². The predicted molar refractivity (Wildman–Crippen MR) is 527 cm³/mol. The third-order valence-corrected chi connectivity index (χ3v) is 24.3. The van der Waals surface area contributed by atoms with E-state index in [1.165, 1.54) is 97.6 Å². The number of morpholine rings is 1. The van der Waals surface area contributed by atoms with Crippen molar-refractivity contribution in [2.24, 2.45) is 0 Å². The van der Waals surface area contributed by atoms with Gasteiger partial charge in [0, 0.05) is 129 Å². The molecule has 42 heteroatoms. The lowest BCUT2D eigenvalue weighted by atomic mass is 10.1. The lowest BCUT2D eigenvalue weighted by Gasteiger charge is -2.29. The molecule has 4 aliphatic heterocycles. The lowest BCUT2D eigenvalue weighted by molar-refractivity contribution is 0.0679. The summed E-state index contributed by atoms with van der Waals surface area (Å²) in [6, 6.07) is 41.8. The molecule has 0 bridgehead atoms. The molecule has 0 saturated carbocycles. The molecule has 4 fully saturated rings. The number of hydrogen-bond acceptors (Lipinski definition) is 18. The second kappa shape index (κ2) is 48.1. The summed E-state index contributed by atoms with van der Waals surface area (Å²) in [6.07, 6.45) is 11.0. The van der Waals surface area contributed by atoms with Crippen LogP contribution in [0.2, 0.25) is 0 Å². The van der Waals surface area contributed by atoms with Crippen molar-refractivity contribution >= 4 is 192 Å². The zero-order valence-corrected chi connectivity index (χ0v) is 80.2. The highest BCUT2D eigenvalue weighted by molar-refractivity contribution is 9.11. The maximum atomic E-state index is 14.8. The highest BCUT2D eigenvalue weighted by atomic mass is 79.9. The van der Waals surface area contributed by atoms with Gasteiger partial charge in [0.15, 0.2) is 0 Å². The van der Waals surface area contributed by atoms with Gasteiger partial charge in [-0.15, -0.1) is 0 Å². The van der Waals surface area contributed by atoms with E-state index in [9.17, 15) is 73.5 Å². The molecule has 4 saturated heterocycles. The minimum Gasteiger partial charge on any atom is -0.378 e. The van der Waals surface area contributed by atoms with Gasteiger partial charge in [-0.05, 0) is 266 Å². The minimum absolute atomic E-state index is 0.00412. The van der Waals surface area contributed by atoms with Crippen molar-refractivity contribution in [2.45, 2.75) is 32.1 Å². The number of ether oxygens (including phenoxy) is 1. The van der Waals surface area contributed by atoms with Crippen LogP contribution in [0.1, 0.15) is 137 Å². The number of rotatable bonds is 20. The molecule has 16 rings (SSSR count). The number of halogens is 12. The molecule has 12 N–H and O–H groups in total. The smallest absolute Gasteiger partial charge is 0.259 e. The summed E-state index contributed by atoms with van der Waals surface area (Å²) in [6.45, 7) is 6.40. The summed E-state index contributed by atoms with van der Waals surface area (Å²) in [5, 5.41) is 53.3. The van der Waals surface area contributed by atoms with Gasteiger partial charge < -0.3 is 66.9 Å². The van der Waals surface area contributed by atoms with Gasteiger partial charge in [0.2, 0.25) is 0 Å². The van der Waals surface area contributed by atoms with Crippen LogP contribution < -0.4 is 42.5 Å². The number of thioether (sulfide) groups is 1. The van der Waals surface area contributed by atoms with Crippen molar-refractivity contribution in [2.75, 3.05) is 120 Å². The van der Waals surface area contributed by atoms with E-state index in [1.807, 2.05) is 14.7 Å². The Morgan fingerprint density at radius 2 is 0.504 bits per heavy atom. The van der Waals surface area contributed by atoms with E-state index in [-0.39, 0.29) is 114 Å². The van der Waals surface area contributed by atoms with Gasteiger partial charge in [-0.3, -0.25) is 60.0 Å². The Hall–Kier alpha value is -14.3. The standard InChI is InChI=1S/C25H22BrF2N5O2.C24H20BrF2N5O3.C24H20BrF2N5O2S.C24H20BrF2N5O2/c26-16-5-9-22(30-14-16)32-25(35)19-13-17(27)6-8-21(19)31-24(34)18-7-4-15(12-20(18)28)23(29)33-10-2-1-3-11-33;2*25-15-2-6-21(29-13-15)31-24(34)18-12-16(26)3-5-20(18)30-23(33)17-4-1-14(11-19(17)27)22(28)32-7-9-35-10-8-32;25-15-4-8-21(29-13-15)31-24(34)18-12-16(26)5-7-20(18)30-23(33)17-6-3-14(11-19(17)27)22(28)32-9-1-2-10-32/h4-9,12-14,29H,1-3,10-11H2,(H,31,34)(H,30,32,35);2*1-6,11-13,28H,7-10H2,(H,30,33)(H,29,31,34);3-8,11-13,28H,1-2,9-10H2,(H,30,33)(H,29,31,34). The van der Waals surface area contributed by atoms with E-state index in [4.69, 9.17) is 26.4 Å². The van der Waals surface area contributed by atoms with Crippen molar-refractivity contribution in [3.8, 4) is 0 Å². The number of carbonyl (C=O) groups excluding carboxylic acids is 8. The number of anilines is 8. The van der Waals surface area contributed by atoms with Gasteiger partial charge >= 0.3 is 0 Å². The first kappa shape index (κ1) is 102. The van der Waals surface area contributed by atoms with E-state index >= 15 is 0 Å². The molecule has 8 heterocycles. The number of nitrogens with one attached hydrogen (secondary N) is 12. The number of piperidine rings is 1. The average Bonchev–Trinajstić information content (AvgIpc) is 1.33. The quantitative estimate of drug-likeness (QED) is 0.0192. The molecule has 0 spiro atoms. The van der Waals surface area contributed by atoms with Crippen molar-refractivity contribution in [3.05, 3.63) is 350 Å². The zero-order valence-electron chi connectivity index (χ0n) is 73.0. The van der Waals surface area contributed by atoms with E-state index in [0.717, 1.165) is 143 Å². The number of aromatic nitrogens is 4. The molecule has 0 atom stereocenters. The molecule has 29 nitrogen and oxygen atoms in total. The molecule has 139 heavy (non-hydrogen) atoms. The zero-order chi connectivity index (χ0) is 99.1. The van der Waals surface area contributed by atoms with Gasteiger partial charge in [0.25, 0.3) is 47.3 Å². The molecule has 4 aliphatic rings. The highest BCUT2D eigenvalue weighted by Gasteiger charge is 2.29. The van der Waals surface area contributed by atoms with Crippen LogP contribution in [0.5, 0.6) is 0 Å². The SMILES string of the molecule is N=C(c1ccc(C(=O)Nc2ccc(F)cc2C(=O)Nc2ccc(Br)cn2)c(F)c1)N1CCCC1.N=C(c1ccc(C(=O)Nc2ccc(F)cc2C(=O)Nc2ccc(Br)cn2)c(F)c1)N1CCCCC1.N=C(c1ccc(C(=O)Nc2ccc(F)cc2C(=O)Nc2ccc(Br)cn2)c(F)c1)N1CCOCC1.N=C(c1ccc(C(=O)Nc2ccc(F)cc2C(=O)Nc2ccc(Br)cn2)c(F)c1)N1CCSCC1. The number of likely N-dealkylation sites (tertiary alicyclic amines) is 2. The Morgan fingerprint density at radius 1 is 0.273 bits per heavy atom. The number of nitrogens with zero attached hydrogens (tertiary/aromatic N) is 8. The average molecular weight is 2180 g/mol. The first-order valence-electron chi connectivity index (χ1n) is 42.6. The van der Waals surface area contributed by atoms with Crippen LogP contribution in [0, 0.1) is 68.2 Å². The number of pyridine rings is 4. The second-order valence-corrected chi connectivity index (χ2v) is 35.8. The molecule has 4 aromatic heterocycles. The molecule has 12 aromatic rings. The van der Waals surface area contributed by atoms with Crippen LogP contribution in [-0.4, -0.2) is 187 Å². The van der Waals surface area contributed by atoms with Crippen LogP contribution >= 0.6 is 75.5 Å². The van der Waals surface area contributed by atoms with Crippen LogP contribution in [-0.2, 0) is 4.74 Å². The number of amidine groups is 4. The first-order valence-corrected chi connectivity index (χ1v) is 46.9. The van der Waals surface area contributed by atoms with E-state index in [1.54, 1.807) is 65.2 Å². The minimum atomic E-state index is -0.829. The lowest BCUT2D eigenvalue weighted by Crippen LogP contribution is -2.40. The fraction of sp³-hybridized carbons (Fsp3) is 0.175. The Kier molecular flexibility index (Phi) is 35.3. The fourth-order valence-electron chi connectivity index (χ4n) is 14.3. The molecule has 8 aromatic carbocycles. The molecule has 0 unspecified atom stereocenters. The van der Waals surface area contributed by atoms with Crippen molar-refractivity contribution < 1.29 is 78.2 Å². The molecular formula is C97H82Br4F8N20O9S. The number of carbonyl (C=O) groups is 8. The highest BCUT2D eigenvalue weighted by Crippen LogP contribution is 2.30. The van der Waals surface area contributed by atoms with Crippen LogP contribution in [0.3, 0.4) is 0 Å². The molecule has 8 amide bonds. The summed E-state index contributed by atoms with van der Waals surface area (Å²) < 4.78 is 123. The van der Waals surface area contributed by atoms with Crippen LogP contribution in [0.25, 0.3) is 0 Å². The van der Waals surface area contributed by atoms with Crippen LogP contribution in [0.15, 0.2) is 237 Å². The fourth-order valence-corrected chi connectivity index (χ4v) is 16.1. The summed E-state index contributed by atoms with van der Waals surface area (Å²) >= 11 is 14.8. The summed E-state index contributed by atoms with van der Waals surface area (Å²) in [4.78, 5) is 126. The third-order valence-electron chi connectivity index (χ3n) is 21.5. The van der Waals surface area contributed by atoms with Crippen LogP contribution in [0.4, 0.5) is 81.1 Å². The van der Waals surface area contributed by atoms with Crippen molar-refractivity contribution in [1.29, 1.82) is 21.6 Å². The topological polar surface area (TPSA) is 402 Å². The number of hydrogen-bond donors (Lipinski definition) is 12. The largest absolute Gasteiger partial charge is 0.378 e. The van der Waals surface area contributed by atoms with Gasteiger partial charge in [0.05, 0.1) is 80.5 Å². The van der Waals surface area contributed by atoms with Crippen molar-refractivity contribution in [1.82, 2.24) is 39.5 Å². The Labute approximate surface area is 827 Å². The molecule has 0 aliphatic carbocycles. The van der Waals surface area contributed by atoms with Crippen molar-refractivity contribution in [3.63, 3.8) is 0 Å². The Bertz CT molecular complexity index is 6220. The Morgan fingerprint density at radius 3 is 0.741 bits per heavy atom. The van der Waals surface area contributed by atoms with Gasteiger partial charge in [0.1, 0.15) is 93.2 Å². The third kappa shape index (κ3) is 27.8. The number of benzene rings is 8. The van der Waals surface area contributed by atoms with E-state index in [2.05, 4.69) is 126 Å². The summed E-state index contributed by atoms with van der Waals surface area (Å²) in [5.74, 6) is -8.49. The Balaban J connectivity index is 0.000000156. The normalized spacial score (nSPS) is 13.2. The first-order chi connectivity index (χ1) is 66.8. The van der Waals surface area contributed by atoms with E-state index < -0.39 is 93.8 Å². The molecule has 714 valence electrons. The van der Waals surface area contributed by atoms with Gasteiger partial charge in [-0.25, -0.2) is 55.1 Å². The monoisotopic (exact) mass is 2170 g/mol. The second-order valence-electron chi connectivity index (χ2n) is 31.0. The molecular weight excluding hydrogens is 2090 g/mol. The molecule has 0 radical (unpaired) electrons. The number of amides is 8. The van der Waals surface area contributed by atoms with Gasteiger partial charge in [-0.2, -0.15) is 11.8 Å².